The number of carboxylic acids is 1. The molecule has 0 bridgehead atoms. The van der Waals surface area contributed by atoms with Gasteiger partial charge in [0.25, 0.3) is 0 Å². The molecule has 0 radical (unpaired) electrons. The van der Waals surface area contributed by atoms with Crippen molar-refractivity contribution in [2.45, 2.75) is 26.8 Å². The molecule has 3 N–H and O–H groups in total. The Labute approximate surface area is 112 Å². The molecule has 5 nitrogen and oxygen atoms in total. The fourth-order valence-electron chi connectivity index (χ4n) is 1.47. The maximum Gasteiger partial charge on any atom is 0.335 e. The molecular formula is C14H19NO4. The maximum absolute atomic E-state index is 11.9. The van der Waals surface area contributed by atoms with Gasteiger partial charge in [0.1, 0.15) is 0 Å². The van der Waals surface area contributed by atoms with Crippen LogP contribution < -0.4 is 5.32 Å². The number of nitrogens with one attached hydrogen (secondary N) is 1. The van der Waals surface area contributed by atoms with Crippen LogP contribution in [0.25, 0.3) is 0 Å². The van der Waals surface area contributed by atoms with Gasteiger partial charge in [-0.05, 0) is 17.7 Å². The van der Waals surface area contributed by atoms with Crippen LogP contribution in [0.2, 0.25) is 0 Å². The van der Waals surface area contributed by atoms with Crippen LogP contribution >= 0.6 is 0 Å². The van der Waals surface area contributed by atoms with Crippen LogP contribution in [0.1, 0.15) is 42.7 Å². The summed E-state index contributed by atoms with van der Waals surface area (Å²) < 4.78 is 0. The summed E-state index contributed by atoms with van der Waals surface area (Å²) in [6, 6.07) is 5.54. The van der Waals surface area contributed by atoms with E-state index >= 15 is 0 Å². The molecule has 0 saturated carbocycles. The summed E-state index contributed by atoms with van der Waals surface area (Å²) in [5.41, 5.74) is 0.293. The van der Waals surface area contributed by atoms with Crippen LogP contribution in [0, 0.1) is 5.41 Å². The minimum atomic E-state index is -1.01. The van der Waals surface area contributed by atoms with Gasteiger partial charge in [0.15, 0.2) is 0 Å². The quantitative estimate of drug-likeness (QED) is 0.771. The standard InChI is InChI=1S/C14H19NO4/c1-14(2,3)13(19)15-11(8-16)9-4-6-10(7-5-9)12(17)18/h4-7,11,16H,8H2,1-3H3,(H,15,19)(H,17,18)/t11-/m0/s1. The van der Waals surface area contributed by atoms with Crippen molar-refractivity contribution >= 4 is 11.9 Å². The van der Waals surface area contributed by atoms with Gasteiger partial charge in [0.2, 0.25) is 5.91 Å². The minimum absolute atomic E-state index is 0.169. The second-order valence-corrected chi connectivity index (χ2v) is 5.39. The highest BCUT2D eigenvalue weighted by Gasteiger charge is 2.24. The number of aliphatic hydroxyl groups is 1. The molecule has 1 aromatic carbocycles. The summed E-state index contributed by atoms with van der Waals surface area (Å²) >= 11 is 0. The zero-order valence-corrected chi connectivity index (χ0v) is 11.3. The van der Waals surface area contributed by atoms with Gasteiger partial charge in [0, 0.05) is 5.41 Å². The number of rotatable bonds is 4. The van der Waals surface area contributed by atoms with Crippen molar-refractivity contribution in [3.05, 3.63) is 35.4 Å². The Morgan fingerprint density at radius 2 is 1.74 bits per heavy atom. The van der Waals surface area contributed by atoms with Crippen LogP contribution in [0.15, 0.2) is 24.3 Å². The number of hydrogen-bond donors (Lipinski definition) is 3. The van der Waals surface area contributed by atoms with Gasteiger partial charge in [0.05, 0.1) is 18.2 Å². The number of hydrogen-bond acceptors (Lipinski definition) is 3. The van der Waals surface area contributed by atoms with Gasteiger partial charge >= 0.3 is 5.97 Å². The van der Waals surface area contributed by atoms with E-state index in [9.17, 15) is 14.7 Å². The normalized spacial score (nSPS) is 12.8. The average molecular weight is 265 g/mol. The van der Waals surface area contributed by atoms with Crippen molar-refractivity contribution in [1.29, 1.82) is 0 Å². The zero-order chi connectivity index (χ0) is 14.6. The molecule has 1 atom stereocenters. The molecule has 1 rings (SSSR count). The molecule has 0 saturated heterocycles. The number of carbonyl (C=O) groups excluding carboxylic acids is 1. The Morgan fingerprint density at radius 3 is 2.11 bits per heavy atom. The van der Waals surface area contributed by atoms with Crippen molar-refractivity contribution < 1.29 is 19.8 Å². The second kappa shape index (κ2) is 5.84. The van der Waals surface area contributed by atoms with Crippen LogP contribution in [-0.4, -0.2) is 28.7 Å². The summed E-state index contributed by atoms with van der Waals surface area (Å²) in [7, 11) is 0. The van der Waals surface area contributed by atoms with E-state index in [-0.39, 0.29) is 18.1 Å². The van der Waals surface area contributed by atoms with Crippen molar-refractivity contribution in [1.82, 2.24) is 5.32 Å². The molecule has 0 aliphatic rings. The fraction of sp³-hybridized carbons (Fsp3) is 0.429. The molecule has 0 fully saturated rings. The Hall–Kier alpha value is -1.88. The lowest BCUT2D eigenvalue weighted by molar-refractivity contribution is -0.129. The third kappa shape index (κ3) is 4.06. The lowest BCUT2D eigenvalue weighted by Crippen LogP contribution is -2.38. The van der Waals surface area contributed by atoms with E-state index in [1.54, 1.807) is 32.9 Å². The first kappa shape index (κ1) is 15.2. The lowest BCUT2D eigenvalue weighted by atomic mass is 9.94. The number of aliphatic hydroxyl groups excluding tert-OH is 1. The predicted octanol–water partition coefficient (Wildman–Crippen LogP) is 1.58. The molecule has 1 aromatic rings. The van der Waals surface area contributed by atoms with Gasteiger partial charge in [-0.2, -0.15) is 0 Å². The lowest BCUT2D eigenvalue weighted by Gasteiger charge is -2.23. The summed E-state index contributed by atoms with van der Waals surface area (Å²) in [5.74, 6) is -1.18. The van der Waals surface area contributed by atoms with E-state index in [2.05, 4.69) is 5.32 Å². The Kier molecular flexibility index (Phi) is 4.67. The smallest absolute Gasteiger partial charge is 0.335 e. The third-order valence-corrected chi connectivity index (χ3v) is 2.73. The summed E-state index contributed by atoms with van der Waals surface area (Å²) in [6.07, 6.45) is 0. The molecule has 0 heterocycles. The molecule has 0 unspecified atom stereocenters. The van der Waals surface area contributed by atoms with Crippen LogP contribution in [0.3, 0.4) is 0 Å². The van der Waals surface area contributed by atoms with Gasteiger partial charge in [-0.15, -0.1) is 0 Å². The Morgan fingerprint density at radius 1 is 1.21 bits per heavy atom. The maximum atomic E-state index is 11.9. The summed E-state index contributed by atoms with van der Waals surface area (Å²) in [4.78, 5) is 22.6. The Bertz CT molecular complexity index is 459. The van der Waals surface area contributed by atoms with E-state index in [0.29, 0.717) is 5.56 Å². The van der Waals surface area contributed by atoms with Gasteiger partial charge < -0.3 is 15.5 Å². The van der Waals surface area contributed by atoms with Crippen molar-refractivity contribution in [2.24, 2.45) is 5.41 Å². The van der Waals surface area contributed by atoms with Gasteiger partial charge in [-0.25, -0.2) is 4.79 Å². The highest BCUT2D eigenvalue weighted by molar-refractivity contribution is 5.87. The highest BCUT2D eigenvalue weighted by atomic mass is 16.4. The number of aromatic carboxylic acids is 1. The SMILES string of the molecule is CC(C)(C)C(=O)N[C@@H](CO)c1ccc(C(=O)O)cc1. The first-order chi connectivity index (χ1) is 8.75. The monoisotopic (exact) mass is 265 g/mol. The average Bonchev–Trinajstić information content (AvgIpc) is 2.34. The van der Waals surface area contributed by atoms with Crippen molar-refractivity contribution in [3.8, 4) is 0 Å². The second-order valence-electron chi connectivity index (χ2n) is 5.39. The molecular weight excluding hydrogens is 246 g/mol. The molecule has 0 aromatic heterocycles. The summed E-state index contributed by atoms with van der Waals surface area (Å²) in [5, 5.41) is 20.9. The van der Waals surface area contributed by atoms with E-state index in [1.165, 1.54) is 12.1 Å². The number of carboxylic acid groups (broad SMARTS) is 1. The minimum Gasteiger partial charge on any atom is -0.478 e. The van der Waals surface area contributed by atoms with E-state index in [4.69, 9.17) is 5.11 Å². The van der Waals surface area contributed by atoms with Crippen LogP contribution in [0.5, 0.6) is 0 Å². The number of carbonyl (C=O) groups is 2. The van der Waals surface area contributed by atoms with Gasteiger partial charge in [-0.1, -0.05) is 32.9 Å². The van der Waals surface area contributed by atoms with Crippen LogP contribution in [0.4, 0.5) is 0 Å². The fourth-order valence-corrected chi connectivity index (χ4v) is 1.47. The van der Waals surface area contributed by atoms with Crippen molar-refractivity contribution in [3.63, 3.8) is 0 Å². The molecule has 0 spiro atoms. The van der Waals surface area contributed by atoms with E-state index < -0.39 is 17.4 Å². The first-order valence-electron chi connectivity index (χ1n) is 6.01. The summed E-state index contributed by atoms with van der Waals surface area (Å²) in [6.45, 7) is 5.10. The molecule has 19 heavy (non-hydrogen) atoms. The predicted molar refractivity (Wildman–Crippen MR) is 70.8 cm³/mol. The molecule has 104 valence electrons. The molecule has 1 amide bonds. The Balaban J connectivity index is 2.86. The largest absolute Gasteiger partial charge is 0.478 e. The van der Waals surface area contributed by atoms with E-state index in [0.717, 1.165) is 0 Å². The molecule has 0 aliphatic heterocycles. The zero-order valence-electron chi connectivity index (χ0n) is 11.3. The van der Waals surface area contributed by atoms with Crippen LogP contribution in [-0.2, 0) is 4.79 Å². The number of amides is 1. The number of benzene rings is 1. The first-order valence-corrected chi connectivity index (χ1v) is 6.01. The van der Waals surface area contributed by atoms with Gasteiger partial charge in [-0.3, -0.25) is 4.79 Å². The van der Waals surface area contributed by atoms with E-state index in [1.807, 2.05) is 0 Å². The molecule has 5 heteroatoms. The molecule has 0 aliphatic carbocycles. The van der Waals surface area contributed by atoms with Crippen molar-refractivity contribution in [2.75, 3.05) is 6.61 Å². The highest BCUT2D eigenvalue weighted by Crippen LogP contribution is 2.18. The third-order valence-electron chi connectivity index (χ3n) is 2.73. The topological polar surface area (TPSA) is 86.6 Å².